The molecule has 0 saturated heterocycles. The molecule has 0 radical (unpaired) electrons. The van der Waals surface area contributed by atoms with Crippen LogP contribution in [0.25, 0.3) is 5.52 Å². The molecule has 0 bridgehead atoms. The Morgan fingerprint density at radius 2 is 2.29 bits per heavy atom. The average Bonchev–Trinajstić information content (AvgIpc) is 2.57. The summed E-state index contributed by atoms with van der Waals surface area (Å²) in [6.07, 6.45) is 4.97. The number of likely N-dealkylation sites (N-methyl/N-ethyl adjacent to an activating group) is 1. The molecule has 3 heteroatoms. The van der Waals surface area contributed by atoms with Gasteiger partial charge in [0.1, 0.15) is 0 Å². The molecule has 2 aromatic heterocycles. The molecule has 74 valence electrons. The van der Waals surface area contributed by atoms with Crippen LogP contribution in [0.3, 0.4) is 0 Å². The maximum Gasteiger partial charge on any atom is 0.0995 e. The predicted molar refractivity (Wildman–Crippen MR) is 57.6 cm³/mol. The van der Waals surface area contributed by atoms with E-state index < -0.39 is 0 Å². The zero-order valence-electron chi connectivity index (χ0n) is 8.62. The highest BCUT2D eigenvalue weighted by atomic mass is 15.0. The van der Waals surface area contributed by atoms with Crippen LogP contribution >= 0.6 is 0 Å². The summed E-state index contributed by atoms with van der Waals surface area (Å²) in [5.41, 5.74) is 3.64. The van der Waals surface area contributed by atoms with E-state index in [1.54, 1.807) is 0 Å². The Morgan fingerprint density at radius 3 is 3.07 bits per heavy atom. The van der Waals surface area contributed by atoms with Crippen LogP contribution in [0.5, 0.6) is 0 Å². The van der Waals surface area contributed by atoms with Crippen molar-refractivity contribution in [2.45, 2.75) is 13.3 Å². The fourth-order valence-electron chi connectivity index (χ4n) is 1.60. The van der Waals surface area contributed by atoms with Crippen molar-refractivity contribution < 1.29 is 0 Å². The van der Waals surface area contributed by atoms with E-state index in [0.717, 1.165) is 13.0 Å². The number of nitrogens with one attached hydrogen (secondary N) is 1. The van der Waals surface area contributed by atoms with Gasteiger partial charge < -0.3 is 9.72 Å². The van der Waals surface area contributed by atoms with Gasteiger partial charge in [-0.05, 0) is 25.6 Å². The molecule has 0 spiro atoms. The third-order valence-electron chi connectivity index (χ3n) is 2.37. The number of pyridine rings is 1. The molecule has 3 nitrogen and oxygen atoms in total. The van der Waals surface area contributed by atoms with Crippen molar-refractivity contribution in [1.82, 2.24) is 14.7 Å². The molecule has 0 atom stereocenters. The van der Waals surface area contributed by atoms with E-state index in [0.29, 0.717) is 0 Å². The van der Waals surface area contributed by atoms with Crippen molar-refractivity contribution >= 4 is 5.52 Å². The van der Waals surface area contributed by atoms with E-state index in [2.05, 4.69) is 40.0 Å². The number of nitrogens with zero attached hydrogens (tertiary/aromatic N) is 2. The van der Waals surface area contributed by atoms with Gasteiger partial charge >= 0.3 is 0 Å². The van der Waals surface area contributed by atoms with Gasteiger partial charge in [-0.15, -0.1) is 0 Å². The summed E-state index contributed by atoms with van der Waals surface area (Å²) in [7, 11) is 1.96. The number of rotatable bonds is 3. The maximum atomic E-state index is 4.40. The Balaban J connectivity index is 2.37. The monoisotopic (exact) mass is 189 g/mol. The highest BCUT2D eigenvalue weighted by Gasteiger charge is 2.02. The van der Waals surface area contributed by atoms with Gasteiger partial charge in [-0.3, -0.25) is 0 Å². The van der Waals surface area contributed by atoms with Crippen molar-refractivity contribution in [3.05, 3.63) is 35.9 Å². The summed E-state index contributed by atoms with van der Waals surface area (Å²) in [6, 6.07) is 4.26. The number of hydrogen-bond donors (Lipinski definition) is 1. The molecule has 0 unspecified atom stereocenters. The van der Waals surface area contributed by atoms with Gasteiger partial charge in [0.15, 0.2) is 0 Å². The normalized spacial score (nSPS) is 11.0. The van der Waals surface area contributed by atoms with Crippen LogP contribution in [0.1, 0.15) is 11.3 Å². The second kappa shape index (κ2) is 3.80. The lowest BCUT2D eigenvalue weighted by Gasteiger charge is -1.99. The highest BCUT2D eigenvalue weighted by molar-refractivity contribution is 5.52. The molecule has 2 aromatic rings. The Labute approximate surface area is 83.8 Å². The first kappa shape index (κ1) is 9.21. The molecule has 0 aliphatic heterocycles. The van der Waals surface area contributed by atoms with E-state index >= 15 is 0 Å². The molecule has 0 fully saturated rings. The number of imidazole rings is 1. The minimum absolute atomic E-state index is 0.973. The van der Waals surface area contributed by atoms with E-state index in [9.17, 15) is 0 Å². The van der Waals surface area contributed by atoms with Gasteiger partial charge in [0.2, 0.25) is 0 Å². The number of hydrogen-bond acceptors (Lipinski definition) is 2. The minimum Gasteiger partial charge on any atom is -0.319 e. The van der Waals surface area contributed by atoms with Crippen molar-refractivity contribution in [1.29, 1.82) is 0 Å². The van der Waals surface area contributed by atoms with Crippen LogP contribution in [0.15, 0.2) is 24.7 Å². The Bertz CT molecular complexity index is 431. The highest BCUT2D eigenvalue weighted by Crippen LogP contribution is 2.10. The lowest BCUT2D eigenvalue weighted by atomic mass is 10.2. The Kier molecular flexibility index (Phi) is 2.50. The summed E-state index contributed by atoms with van der Waals surface area (Å²) in [5.74, 6) is 0. The second-order valence-electron chi connectivity index (χ2n) is 3.54. The summed E-state index contributed by atoms with van der Waals surface area (Å²) in [5, 5.41) is 3.13. The SMILES string of the molecule is CNCCc1ncn2cc(C)ccc12. The molecule has 0 saturated carbocycles. The van der Waals surface area contributed by atoms with Gasteiger partial charge in [-0.25, -0.2) is 4.98 Å². The van der Waals surface area contributed by atoms with E-state index in [1.807, 2.05) is 13.4 Å². The van der Waals surface area contributed by atoms with E-state index in [4.69, 9.17) is 0 Å². The van der Waals surface area contributed by atoms with Gasteiger partial charge in [0.25, 0.3) is 0 Å². The summed E-state index contributed by atoms with van der Waals surface area (Å²) in [4.78, 5) is 4.40. The third kappa shape index (κ3) is 1.63. The first-order valence-corrected chi connectivity index (χ1v) is 4.88. The van der Waals surface area contributed by atoms with Crippen molar-refractivity contribution in [2.24, 2.45) is 0 Å². The first-order chi connectivity index (χ1) is 6.81. The molecule has 0 aliphatic rings. The van der Waals surface area contributed by atoms with Crippen molar-refractivity contribution in [3.8, 4) is 0 Å². The van der Waals surface area contributed by atoms with Crippen LogP contribution in [0.4, 0.5) is 0 Å². The molecule has 0 aromatic carbocycles. The predicted octanol–water partition coefficient (Wildman–Crippen LogP) is 1.40. The van der Waals surface area contributed by atoms with E-state index in [-0.39, 0.29) is 0 Å². The zero-order valence-corrected chi connectivity index (χ0v) is 8.62. The van der Waals surface area contributed by atoms with Gasteiger partial charge in [0.05, 0.1) is 17.5 Å². The number of aromatic nitrogens is 2. The molecular weight excluding hydrogens is 174 g/mol. The van der Waals surface area contributed by atoms with Crippen LogP contribution in [0.2, 0.25) is 0 Å². The minimum atomic E-state index is 0.973. The largest absolute Gasteiger partial charge is 0.319 e. The third-order valence-corrected chi connectivity index (χ3v) is 2.37. The van der Waals surface area contributed by atoms with Crippen LogP contribution in [-0.4, -0.2) is 23.0 Å². The smallest absolute Gasteiger partial charge is 0.0995 e. The lowest BCUT2D eigenvalue weighted by molar-refractivity contribution is 0.783. The number of aryl methyl sites for hydroxylation is 1. The van der Waals surface area contributed by atoms with Gasteiger partial charge in [-0.2, -0.15) is 0 Å². The van der Waals surface area contributed by atoms with Crippen LogP contribution in [-0.2, 0) is 6.42 Å². The first-order valence-electron chi connectivity index (χ1n) is 4.88. The average molecular weight is 189 g/mol. The molecule has 2 heterocycles. The number of fused-ring (bicyclic) bond motifs is 1. The topological polar surface area (TPSA) is 29.3 Å². The summed E-state index contributed by atoms with van der Waals surface area (Å²) in [6.45, 7) is 3.06. The van der Waals surface area contributed by atoms with E-state index in [1.165, 1.54) is 16.8 Å². The molecular formula is C11H15N3. The van der Waals surface area contributed by atoms with Crippen molar-refractivity contribution in [2.75, 3.05) is 13.6 Å². The van der Waals surface area contributed by atoms with Crippen LogP contribution < -0.4 is 5.32 Å². The summed E-state index contributed by atoms with van der Waals surface area (Å²) < 4.78 is 2.08. The Hall–Kier alpha value is -1.35. The van der Waals surface area contributed by atoms with Gasteiger partial charge in [-0.1, -0.05) is 6.07 Å². The zero-order chi connectivity index (χ0) is 9.97. The maximum absolute atomic E-state index is 4.40. The standard InChI is InChI=1S/C11H15N3/c1-9-3-4-11-10(5-6-12-2)13-8-14(11)7-9/h3-4,7-8,12H,5-6H2,1-2H3. The molecule has 0 amide bonds. The fraction of sp³-hybridized carbons (Fsp3) is 0.364. The Morgan fingerprint density at radius 1 is 1.43 bits per heavy atom. The molecule has 1 N–H and O–H groups in total. The quantitative estimate of drug-likeness (QED) is 0.791. The fourth-order valence-corrected chi connectivity index (χ4v) is 1.60. The molecule has 14 heavy (non-hydrogen) atoms. The van der Waals surface area contributed by atoms with Crippen LogP contribution in [0, 0.1) is 6.92 Å². The molecule has 2 rings (SSSR count). The lowest BCUT2D eigenvalue weighted by Crippen LogP contribution is -2.10. The second-order valence-corrected chi connectivity index (χ2v) is 3.54. The summed E-state index contributed by atoms with van der Waals surface area (Å²) >= 11 is 0. The van der Waals surface area contributed by atoms with Crippen molar-refractivity contribution in [3.63, 3.8) is 0 Å². The van der Waals surface area contributed by atoms with Gasteiger partial charge in [0, 0.05) is 19.2 Å². The molecule has 0 aliphatic carbocycles.